The number of carbonyl (C=O) groups excluding carboxylic acids is 2. The van der Waals surface area contributed by atoms with Gasteiger partial charge in [0.15, 0.2) is 0 Å². The molecule has 126 valence electrons. The number of amides is 2. The first-order valence-corrected chi connectivity index (χ1v) is 8.04. The van der Waals surface area contributed by atoms with Crippen LogP contribution in [0.3, 0.4) is 0 Å². The SMILES string of the molecule is CC(=O)N(CC(=O)Nc1c(C)cccc1C)Cc1ccc(C)cc1. The summed E-state index contributed by atoms with van der Waals surface area (Å²) in [5.74, 6) is -0.304. The summed E-state index contributed by atoms with van der Waals surface area (Å²) in [5.41, 5.74) is 5.02. The van der Waals surface area contributed by atoms with Gasteiger partial charge in [-0.3, -0.25) is 9.59 Å². The lowest BCUT2D eigenvalue weighted by Crippen LogP contribution is -2.36. The monoisotopic (exact) mass is 324 g/mol. The summed E-state index contributed by atoms with van der Waals surface area (Å²) in [4.78, 5) is 25.8. The fourth-order valence-electron chi connectivity index (χ4n) is 2.56. The van der Waals surface area contributed by atoms with Gasteiger partial charge in [-0.2, -0.15) is 0 Å². The van der Waals surface area contributed by atoms with Gasteiger partial charge < -0.3 is 10.2 Å². The Morgan fingerprint density at radius 2 is 1.54 bits per heavy atom. The Kier molecular flexibility index (Phi) is 5.74. The molecular formula is C20H24N2O2. The summed E-state index contributed by atoms with van der Waals surface area (Å²) in [5, 5.41) is 2.93. The zero-order chi connectivity index (χ0) is 17.7. The van der Waals surface area contributed by atoms with Crippen LogP contribution in [-0.4, -0.2) is 23.3 Å². The topological polar surface area (TPSA) is 49.4 Å². The van der Waals surface area contributed by atoms with Crippen LogP contribution in [0.2, 0.25) is 0 Å². The fourth-order valence-corrected chi connectivity index (χ4v) is 2.56. The molecule has 4 nitrogen and oxygen atoms in total. The van der Waals surface area contributed by atoms with Crippen LogP contribution >= 0.6 is 0 Å². The first kappa shape index (κ1) is 17.7. The van der Waals surface area contributed by atoms with Crippen molar-refractivity contribution < 1.29 is 9.59 Å². The molecule has 2 aromatic carbocycles. The van der Waals surface area contributed by atoms with Crippen LogP contribution in [0.15, 0.2) is 42.5 Å². The normalized spacial score (nSPS) is 10.3. The molecule has 0 fully saturated rings. The van der Waals surface area contributed by atoms with Crippen LogP contribution in [0.5, 0.6) is 0 Å². The summed E-state index contributed by atoms with van der Waals surface area (Å²) in [6.45, 7) is 7.88. The molecule has 0 unspecified atom stereocenters. The lowest BCUT2D eigenvalue weighted by atomic mass is 10.1. The Morgan fingerprint density at radius 3 is 2.08 bits per heavy atom. The second-order valence-corrected chi connectivity index (χ2v) is 6.18. The molecule has 0 saturated carbocycles. The van der Waals surface area contributed by atoms with Gasteiger partial charge in [0.1, 0.15) is 6.54 Å². The van der Waals surface area contributed by atoms with Crippen LogP contribution in [0.1, 0.15) is 29.2 Å². The van der Waals surface area contributed by atoms with Gasteiger partial charge in [-0.05, 0) is 37.5 Å². The third-order valence-electron chi connectivity index (χ3n) is 4.02. The van der Waals surface area contributed by atoms with Crippen molar-refractivity contribution in [1.82, 2.24) is 4.90 Å². The van der Waals surface area contributed by atoms with Crippen LogP contribution < -0.4 is 5.32 Å². The molecule has 0 bridgehead atoms. The minimum Gasteiger partial charge on any atom is -0.329 e. The molecule has 0 heterocycles. The van der Waals surface area contributed by atoms with Crippen molar-refractivity contribution in [3.63, 3.8) is 0 Å². The molecule has 0 aliphatic carbocycles. The maximum Gasteiger partial charge on any atom is 0.244 e. The van der Waals surface area contributed by atoms with Gasteiger partial charge in [-0.1, -0.05) is 48.0 Å². The molecule has 0 saturated heterocycles. The van der Waals surface area contributed by atoms with Crippen LogP contribution in [0.4, 0.5) is 5.69 Å². The minimum atomic E-state index is -0.185. The second kappa shape index (κ2) is 7.77. The van der Waals surface area contributed by atoms with E-state index in [1.165, 1.54) is 12.5 Å². The molecule has 24 heavy (non-hydrogen) atoms. The van der Waals surface area contributed by atoms with E-state index in [1.54, 1.807) is 4.90 Å². The Balaban J connectivity index is 2.06. The molecule has 0 aromatic heterocycles. The number of anilines is 1. The van der Waals surface area contributed by atoms with Crippen molar-refractivity contribution >= 4 is 17.5 Å². The maximum atomic E-state index is 12.4. The highest BCUT2D eigenvalue weighted by Crippen LogP contribution is 2.19. The van der Waals surface area contributed by atoms with Gasteiger partial charge in [-0.25, -0.2) is 0 Å². The molecule has 0 aliphatic rings. The third kappa shape index (κ3) is 4.69. The number of carbonyl (C=O) groups is 2. The fraction of sp³-hybridized carbons (Fsp3) is 0.300. The summed E-state index contributed by atoms with van der Waals surface area (Å²) in [6, 6.07) is 13.8. The highest BCUT2D eigenvalue weighted by molar-refractivity contribution is 5.95. The smallest absolute Gasteiger partial charge is 0.244 e. The molecular weight excluding hydrogens is 300 g/mol. The zero-order valence-electron chi connectivity index (χ0n) is 14.7. The van der Waals surface area contributed by atoms with Gasteiger partial charge in [-0.15, -0.1) is 0 Å². The number of hydrogen-bond acceptors (Lipinski definition) is 2. The lowest BCUT2D eigenvalue weighted by Gasteiger charge is -2.21. The van der Waals surface area contributed by atoms with E-state index in [9.17, 15) is 9.59 Å². The average Bonchev–Trinajstić information content (AvgIpc) is 2.52. The quantitative estimate of drug-likeness (QED) is 0.913. The molecule has 1 N–H and O–H groups in total. The van der Waals surface area contributed by atoms with Gasteiger partial charge in [0.2, 0.25) is 11.8 Å². The van der Waals surface area contributed by atoms with Gasteiger partial charge >= 0.3 is 0 Å². The largest absolute Gasteiger partial charge is 0.329 e. The highest BCUT2D eigenvalue weighted by atomic mass is 16.2. The zero-order valence-corrected chi connectivity index (χ0v) is 14.7. The average molecular weight is 324 g/mol. The Hall–Kier alpha value is -2.62. The highest BCUT2D eigenvalue weighted by Gasteiger charge is 2.15. The van der Waals surface area contributed by atoms with E-state index >= 15 is 0 Å². The summed E-state index contributed by atoms with van der Waals surface area (Å²) in [7, 11) is 0. The lowest BCUT2D eigenvalue weighted by molar-refractivity contribution is -0.133. The van der Waals surface area contributed by atoms with Crippen LogP contribution in [0.25, 0.3) is 0 Å². The molecule has 0 aliphatic heterocycles. The predicted molar refractivity (Wildman–Crippen MR) is 96.8 cm³/mol. The van der Waals surface area contributed by atoms with Gasteiger partial charge in [0, 0.05) is 19.2 Å². The molecule has 2 rings (SSSR count). The van der Waals surface area contributed by atoms with Gasteiger partial charge in [0.25, 0.3) is 0 Å². The summed E-state index contributed by atoms with van der Waals surface area (Å²) < 4.78 is 0. The Bertz CT molecular complexity index is 716. The molecule has 2 amide bonds. The number of benzene rings is 2. The van der Waals surface area contributed by atoms with Crippen molar-refractivity contribution in [1.29, 1.82) is 0 Å². The number of nitrogens with zero attached hydrogens (tertiary/aromatic N) is 1. The molecule has 0 spiro atoms. The first-order valence-electron chi connectivity index (χ1n) is 8.04. The number of nitrogens with one attached hydrogen (secondary N) is 1. The van der Waals surface area contributed by atoms with E-state index in [-0.39, 0.29) is 18.4 Å². The van der Waals surface area contributed by atoms with E-state index in [1.807, 2.05) is 63.2 Å². The van der Waals surface area contributed by atoms with E-state index in [0.29, 0.717) is 6.54 Å². The molecule has 0 radical (unpaired) electrons. The standard InChI is InChI=1S/C20H24N2O2/c1-14-8-10-18(11-9-14)12-22(17(4)23)13-19(24)21-20-15(2)6-5-7-16(20)3/h5-11H,12-13H2,1-4H3,(H,21,24). The van der Waals surface area contributed by atoms with Gasteiger partial charge in [0.05, 0.1) is 0 Å². The number of aryl methyl sites for hydroxylation is 3. The van der Waals surface area contributed by atoms with Crippen LogP contribution in [0, 0.1) is 20.8 Å². The maximum absolute atomic E-state index is 12.4. The summed E-state index contributed by atoms with van der Waals surface area (Å²) in [6.07, 6.45) is 0. The van der Waals surface area contributed by atoms with Crippen molar-refractivity contribution in [2.45, 2.75) is 34.2 Å². The van der Waals surface area contributed by atoms with Crippen molar-refractivity contribution in [2.24, 2.45) is 0 Å². The summed E-state index contributed by atoms with van der Waals surface area (Å²) >= 11 is 0. The molecule has 0 atom stereocenters. The molecule has 2 aromatic rings. The van der Waals surface area contributed by atoms with Crippen LogP contribution in [-0.2, 0) is 16.1 Å². The number of rotatable bonds is 5. The minimum absolute atomic E-state index is 0.0387. The van der Waals surface area contributed by atoms with E-state index in [4.69, 9.17) is 0 Å². The molecule has 4 heteroatoms. The van der Waals surface area contributed by atoms with E-state index in [2.05, 4.69) is 5.32 Å². The Morgan fingerprint density at radius 1 is 0.958 bits per heavy atom. The number of hydrogen-bond donors (Lipinski definition) is 1. The third-order valence-corrected chi connectivity index (χ3v) is 4.02. The van der Waals surface area contributed by atoms with E-state index in [0.717, 1.165) is 22.4 Å². The van der Waals surface area contributed by atoms with Crippen molar-refractivity contribution in [2.75, 3.05) is 11.9 Å². The number of para-hydroxylation sites is 1. The first-order chi connectivity index (χ1) is 11.4. The second-order valence-electron chi connectivity index (χ2n) is 6.18. The van der Waals surface area contributed by atoms with Crippen molar-refractivity contribution in [3.05, 3.63) is 64.7 Å². The van der Waals surface area contributed by atoms with Crippen molar-refractivity contribution in [3.8, 4) is 0 Å². The van der Waals surface area contributed by atoms with E-state index < -0.39 is 0 Å². The predicted octanol–water partition coefficient (Wildman–Crippen LogP) is 3.60. The Labute approximate surface area is 143 Å².